The molecule has 140 valence electrons. The molecule has 1 aromatic heterocycles. The van der Waals surface area contributed by atoms with Crippen molar-refractivity contribution in [3.8, 4) is 0 Å². The van der Waals surface area contributed by atoms with Gasteiger partial charge in [-0.15, -0.1) is 0 Å². The first kappa shape index (κ1) is 18.3. The van der Waals surface area contributed by atoms with Crippen LogP contribution in [-0.2, 0) is 30.7 Å². The topological polar surface area (TPSA) is 76.4 Å². The van der Waals surface area contributed by atoms with Crippen molar-refractivity contribution < 1.29 is 9.13 Å². The Morgan fingerprint density at radius 3 is 3.12 bits per heavy atom. The average molecular weight is 360 g/mol. The smallest absolute Gasteiger partial charge is 0.191 e. The van der Waals surface area contributed by atoms with E-state index < -0.39 is 0 Å². The van der Waals surface area contributed by atoms with E-state index in [1.165, 1.54) is 6.07 Å². The lowest BCUT2D eigenvalue weighted by molar-refractivity contribution is 0.177. The summed E-state index contributed by atoms with van der Waals surface area (Å²) in [7, 11) is 3.39. The molecule has 0 saturated carbocycles. The van der Waals surface area contributed by atoms with Gasteiger partial charge in [-0.25, -0.2) is 14.1 Å². The third-order valence-electron chi connectivity index (χ3n) is 4.33. The van der Waals surface area contributed by atoms with E-state index in [0.717, 1.165) is 49.0 Å². The van der Waals surface area contributed by atoms with Gasteiger partial charge in [-0.1, -0.05) is 12.1 Å². The molecule has 0 bridgehead atoms. The Kier molecular flexibility index (Phi) is 6.17. The summed E-state index contributed by atoms with van der Waals surface area (Å²) in [5.41, 5.74) is 0.962. The summed E-state index contributed by atoms with van der Waals surface area (Å²) in [5, 5.41) is 11.2. The predicted octanol–water partition coefficient (Wildman–Crippen LogP) is 1.29. The minimum absolute atomic E-state index is 0.205. The molecule has 3 rings (SSSR count). The number of guanidine groups is 1. The van der Waals surface area contributed by atoms with E-state index in [1.807, 2.05) is 10.7 Å². The summed E-state index contributed by atoms with van der Waals surface area (Å²) >= 11 is 0. The third-order valence-corrected chi connectivity index (χ3v) is 4.33. The third kappa shape index (κ3) is 4.78. The zero-order chi connectivity index (χ0) is 18.4. The van der Waals surface area contributed by atoms with Crippen LogP contribution in [-0.4, -0.2) is 47.5 Å². The van der Waals surface area contributed by atoms with Crippen molar-refractivity contribution in [3.05, 3.63) is 47.3 Å². The highest BCUT2D eigenvalue weighted by atomic mass is 19.1. The SMILES string of the molecule is CN=C(NCCc1cccc(F)c1)NC1CCc2nc(COC)nn2C1. The minimum Gasteiger partial charge on any atom is -0.377 e. The number of nitrogens with zero attached hydrogens (tertiary/aromatic N) is 4. The number of halogens is 1. The van der Waals surface area contributed by atoms with Gasteiger partial charge in [-0.2, -0.15) is 5.10 Å². The maximum atomic E-state index is 13.2. The summed E-state index contributed by atoms with van der Waals surface area (Å²) in [6, 6.07) is 6.90. The van der Waals surface area contributed by atoms with E-state index in [0.29, 0.717) is 13.2 Å². The molecule has 1 aliphatic heterocycles. The van der Waals surface area contributed by atoms with E-state index in [9.17, 15) is 4.39 Å². The normalized spacial score (nSPS) is 17.0. The van der Waals surface area contributed by atoms with Crippen LogP contribution in [0.5, 0.6) is 0 Å². The molecule has 0 aliphatic carbocycles. The van der Waals surface area contributed by atoms with E-state index in [2.05, 4.69) is 25.7 Å². The van der Waals surface area contributed by atoms with E-state index in [4.69, 9.17) is 4.74 Å². The van der Waals surface area contributed by atoms with Crippen molar-refractivity contribution in [2.45, 2.75) is 38.5 Å². The lowest BCUT2D eigenvalue weighted by Gasteiger charge is -2.25. The van der Waals surface area contributed by atoms with Crippen LogP contribution in [0.15, 0.2) is 29.3 Å². The van der Waals surface area contributed by atoms with Crippen molar-refractivity contribution in [1.82, 2.24) is 25.4 Å². The molecule has 26 heavy (non-hydrogen) atoms. The number of aromatic nitrogens is 3. The number of nitrogens with one attached hydrogen (secondary N) is 2. The van der Waals surface area contributed by atoms with Gasteiger partial charge in [0.1, 0.15) is 18.2 Å². The predicted molar refractivity (Wildman–Crippen MR) is 97.4 cm³/mol. The number of ether oxygens (including phenoxy) is 1. The van der Waals surface area contributed by atoms with Crippen molar-refractivity contribution >= 4 is 5.96 Å². The summed E-state index contributed by atoms with van der Waals surface area (Å²) in [6.45, 7) is 1.86. The Bertz CT molecular complexity index is 760. The molecule has 2 aromatic rings. The monoisotopic (exact) mass is 360 g/mol. The van der Waals surface area contributed by atoms with Gasteiger partial charge in [-0.05, 0) is 30.5 Å². The number of aliphatic imine (C=N–C) groups is 1. The Hall–Kier alpha value is -2.48. The molecule has 0 fully saturated rings. The first-order chi connectivity index (χ1) is 12.7. The maximum absolute atomic E-state index is 13.2. The zero-order valence-electron chi connectivity index (χ0n) is 15.2. The van der Waals surface area contributed by atoms with Gasteiger partial charge in [-0.3, -0.25) is 4.99 Å². The van der Waals surface area contributed by atoms with Crippen LogP contribution < -0.4 is 10.6 Å². The van der Waals surface area contributed by atoms with Crippen LogP contribution in [0.1, 0.15) is 23.6 Å². The second kappa shape index (κ2) is 8.75. The summed E-state index contributed by atoms with van der Waals surface area (Å²) < 4.78 is 20.3. The van der Waals surface area contributed by atoms with Gasteiger partial charge >= 0.3 is 0 Å². The second-order valence-corrected chi connectivity index (χ2v) is 6.32. The molecular weight excluding hydrogens is 335 g/mol. The van der Waals surface area contributed by atoms with Gasteiger partial charge in [0.05, 0.1) is 6.54 Å². The highest BCUT2D eigenvalue weighted by molar-refractivity contribution is 5.79. The number of methoxy groups -OCH3 is 1. The standard InChI is InChI=1S/C18H25FN6O/c1-20-18(21-9-8-13-4-3-5-14(19)10-13)22-15-6-7-17-23-16(12-26-2)24-25(17)11-15/h3-5,10,15H,6-9,11-12H2,1-2H3,(H2,20,21,22). The second-order valence-electron chi connectivity index (χ2n) is 6.32. The number of aryl methyl sites for hydroxylation is 1. The van der Waals surface area contributed by atoms with Crippen LogP contribution >= 0.6 is 0 Å². The summed E-state index contributed by atoms with van der Waals surface area (Å²) in [4.78, 5) is 8.76. The van der Waals surface area contributed by atoms with Gasteiger partial charge in [0.15, 0.2) is 11.8 Å². The molecule has 0 amide bonds. The quantitative estimate of drug-likeness (QED) is 0.600. The molecular formula is C18H25FN6O. The Labute approximate surface area is 152 Å². The van der Waals surface area contributed by atoms with Crippen LogP contribution in [0.25, 0.3) is 0 Å². The van der Waals surface area contributed by atoms with Crippen LogP contribution in [0.2, 0.25) is 0 Å². The Morgan fingerprint density at radius 1 is 1.46 bits per heavy atom. The van der Waals surface area contributed by atoms with Crippen LogP contribution in [0.3, 0.4) is 0 Å². The number of benzene rings is 1. The van der Waals surface area contributed by atoms with Crippen molar-refractivity contribution in [2.75, 3.05) is 20.7 Å². The van der Waals surface area contributed by atoms with Gasteiger partial charge in [0.25, 0.3) is 0 Å². The molecule has 2 heterocycles. The summed E-state index contributed by atoms with van der Waals surface area (Å²) in [5.74, 6) is 2.26. The molecule has 0 saturated heterocycles. The fraction of sp³-hybridized carbons (Fsp3) is 0.500. The lowest BCUT2D eigenvalue weighted by Crippen LogP contribution is -2.47. The van der Waals surface area contributed by atoms with E-state index in [-0.39, 0.29) is 11.9 Å². The van der Waals surface area contributed by atoms with Crippen molar-refractivity contribution in [2.24, 2.45) is 4.99 Å². The first-order valence-electron chi connectivity index (χ1n) is 8.81. The number of fused-ring (bicyclic) bond motifs is 1. The lowest BCUT2D eigenvalue weighted by atomic mass is 10.1. The number of hydrogen-bond acceptors (Lipinski definition) is 4. The fourth-order valence-electron chi connectivity index (χ4n) is 3.07. The molecule has 0 radical (unpaired) electrons. The van der Waals surface area contributed by atoms with Crippen LogP contribution in [0, 0.1) is 5.82 Å². The first-order valence-corrected chi connectivity index (χ1v) is 8.81. The van der Waals surface area contributed by atoms with Crippen molar-refractivity contribution in [3.63, 3.8) is 0 Å². The van der Waals surface area contributed by atoms with Gasteiger partial charge in [0.2, 0.25) is 0 Å². The molecule has 1 aliphatic rings. The van der Waals surface area contributed by atoms with Gasteiger partial charge in [0, 0.05) is 33.2 Å². The van der Waals surface area contributed by atoms with Crippen molar-refractivity contribution in [1.29, 1.82) is 0 Å². The summed E-state index contributed by atoms with van der Waals surface area (Å²) in [6.07, 6.45) is 2.57. The van der Waals surface area contributed by atoms with Gasteiger partial charge < -0.3 is 15.4 Å². The largest absolute Gasteiger partial charge is 0.377 e. The zero-order valence-corrected chi connectivity index (χ0v) is 15.2. The molecule has 1 atom stereocenters. The maximum Gasteiger partial charge on any atom is 0.191 e. The molecule has 1 unspecified atom stereocenters. The molecule has 8 heteroatoms. The minimum atomic E-state index is -0.205. The number of rotatable bonds is 6. The molecule has 1 aromatic carbocycles. The Morgan fingerprint density at radius 2 is 2.35 bits per heavy atom. The highest BCUT2D eigenvalue weighted by Crippen LogP contribution is 2.13. The van der Waals surface area contributed by atoms with E-state index in [1.54, 1.807) is 26.3 Å². The van der Waals surface area contributed by atoms with E-state index >= 15 is 0 Å². The number of hydrogen-bond donors (Lipinski definition) is 2. The average Bonchev–Trinajstić information content (AvgIpc) is 3.03. The highest BCUT2D eigenvalue weighted by Gasteiger charge is 2.22. The van der Waals surface area contributed by atoms with Crippen LogP contribution in [0.4, 0.5) is 4.39 Å². The molecule has 7 nitrogen and oxygen atoms in total. The molecule has 0 spiro atoms. The molecule has 2 N–H and O–H groups in total. The Balaban J connectivity index is 1.49. The fourth-order valence-corrected chi connectivity index (χ4v) is 3.07.